The van der Waals surface area contributed by atoms with E-state index < -0.39 is 0 Å². The zero-order valence-corrected chi connectivity index (χ0v) is 14.8. The van der Waals surface area contributed by atoms with Crippen LogP contribution >= 0.6 is 15.9 Å². The first-order valence-electron chi connectivity index (χ1n) is 7.76. The largest absolute Gasteiger partial charge is 0.382 e. The summed E-state index contributed by atoms with van der Waals surface area (Å²) in [5.41, 5.74) is 9.41. The van der Waals surface area contributed by atoms with Gasteiger partial charge in [-0.25, -0.2) is 4.98 Å². The number of aromatic nitrogens is 4. The minimum atomic E-state index is 0.343. The first kappa shape index (κ1) is 15.6. The van der Waals surface area contributed by atoms with Gasteiger partial charge >= 0.3 is 0 Å². The molecule has 0 amide bonds. The fourth-order valence-corrected chi connectivity index (χ4v) is 3.08. The summed E-state index contributed by atoms with van der Waals surface area (Å²) >= 11 is 3.50. The third-order valence-electron chi connectivity index (χ3n) is 3.79. The molecule has 0 saturated carbocycles. The Morgan fingerprint density at radius 1 is 0.920 bits per heavy atom. The number of nitrogens with zero attached hydrogens (tertiary/aromatic N) is 4. The molecule has 6 nitrogen and oxygen atoms in total. The molecule has 0 spiro atoms. The summed E-state index contributed by atoms with van der Waals surface area (Å²) in [5.74, 6) is 0.786. The van der Waals surface area contributed by atoms with Gasteiger partial charge in [0.2, 0.25) is 5.95 Å². The lowest BCUT2D eigenvalue weighted by molar-refractivity contribution is 0.791. The summed E-state index contributed by atoms with van der Waals surface area (Å²) in [4.78, 5) is 13.4. The van der Waals surface area contributed by atoms with E-state index in [-0.39, 0.29) is 0 Å². The summed E-state index contributed by atoms with van der Waals surface area (Å²) in [7, 11) is 0. The van der Waals surface area contributed by atoms with Crippen LogP contribution in [0.1, 0.15) is 5.56 Å². The van der Waals surface area contributed by atoms with E-state index in [4.69, 9.17) is 5.73 Å². The third kappa shape index (κ3) is 3.18. The lowest BCUT2D eigenvalue weighted by atomic mass is 10.2. The lowest BCUT2D eigenvalue weighted by Crippen LogP contribution is -2.05. The number of benzene rings is 2. The van der Waals surface area contributed by atoms with Crippen molar-refractivity contribution in [1.29, 1.82) is 0 Å². The lowest BCUT2D eigenvalue weighted by Gasteiger charge is -2.08. The highest BCUT2D eigenvalue weighted by Gasteiger charge is 2.15. The van der Waals surface area contributed by atoms with Crippen molar-refractivity contribution in [1.82, 2.24) is 19.5 Å². The number of anilines is 3. The minimum Gasteiger partial charge on any atom is -0.382 e. The van der Waals surface area contributed by atoms with Gasteiger partial charge < -0.3 is 11.1 Å². The number of imidazole rings is 1. The van der Waals surface area contributed by atoms with Gasteiger partial charge in [0.25, 0.3) is 0 Å². The monoisotopic (exact) mass is 394 g/mol. The van der Waals surface area contributed by atoms with Crippen LogP contribution in [0.5, 0.6) is 0 Å². The minimum absolute atomic E-state index is 0.343. The van der Waals surface area contributed by atoms with E-state index in [0.717, 1.165) is 11.3 Å². The molecule has 0 bridgehead atoms. The van der Waals surface area contributed by atoms with Gasteiger partial charge in [0.15, 0.2) is 21.7 Å². The third-order valence-corrected chi connectivity index (χ3v) is 4.39. The number of rotatable bonds is 4. The van der Waals surface area contributed by atoms with Crippen molar-refractivity contribution in [2.75, 3.05) is 11.1 Å². The molecule has 2 aromatic heterocycles. The van der Waals surface area contributed by atoms with Crippen molar-refractivity contribution in [3.63, 3.8) is 0 Å². The van der Waals surface area contributed by atoms with Crippen LogP contribution in [0.4, 0.5) is 17.5 Å². The Morgan fingerprint density at radius 2 is 1.60 bits per heavy atom. The van der Waals surface area contributed by atoms with Gasteiger partial charge in [-0.05, 0) is 33.6 Å². The second-order valence-electron chi connectivity index (χ2n) is 5.55. The highest BCUT2D eigenvalue weighted by molar-refractivity contribution is 9.10. The first-order valence-corrected chi connectivity index (χ1v) is 8.55. The summed E-state index contributed by atoms with van der Waals surface area (Å²) in [6.07, 6.45) is 0. The van der Waals surface area contributed by atoms with E-state index >= 15 is 0 Å². The second kappa shape index (κ2) is 6.52. The predicted molar refractivity (Wildman–Crippen MR) is 103 cm³/mol. The zero-order valence-electron chi connectivity index (χ0n) is 13.2. The Bertz CT molecular complexity index is 1010. The normalized spacial score (nSPS) is 10.9. The van der Waals surface area contributed by atoms with Gasteiger partial charge in [-0.15, -0.1) is 0 Å². The van der Waals surface area contributed by atoms with Crippen LogP contribution in [0.2, 0.25) is 0 Å². The fraction of sp³-hybridized carbons (Fsp3) is 0.0556. The topological polar surface area (TPSA) is 81.7 Å². The molecule has 0 atom stereocenters. The first-order chi connectivity index (χ1) is 12.2. The maximum Gasteiger partial charge on any atom is 0.231 e. The fourth-order valence-electron chi connectivity index (χ4n) is 2.61. The van der Waals surface area contributed by atoms with Crippen LogP contribution in [0.15, 0.2) is 65.4 Å². The Kier molecular flexibility index (Phi) is 4.07. The number of hydrogen-bond acceptors (Lipinski definition) is 5. The molecule has 4 rings (SSSR count). The van der Waals surface area contributed by atoms with Crippen molar-refractivity contribution in [3.05, 3.63) is 71.0 Å². The molecule has 0 aliphatic heterocycles. The Morgan fingerprint density at radius 3 is 2.32 bits per heavy atom. The van der Waals surface area contributed by atoms with E-state index in [1.807, 2.05) is 53.1 Å². The molecule has 25 heavy (non-hydrogen) atoms. The van der Waals surface area contributed by atoms with E-state index in [0.29, 0.717) is 34.2 Å². The summed E-state index contributed by atoms with van der Waals surface area (Å²) < 4.78 is 2.64. The molecule has 7 heteroatoms. The number of fused-ring (bicyclic) bond motifs is 1. The highest BCUT2D eigenvalue weighted by Crippen LogP contribution is 2.25. The maximum absolute atomic E-state index is 6.10. The molecule has 0 aliphatic rings. The second-order valence-corrected chi connectivity index (χ2v) is 6.26. The Balaban J connectivity index is 1.77. The van der Waals surface area contributed by atoms with Gasteiger partial charge in [-0.2, -0.15) is 9.97 Å². The molecule has 124 valence electrons. The van der Waals surface area contributed by atoms with Gasteiger partial charge in [0, 0.05) is 5.69 Å². The Labute approximate surface area is 152 Å². The van der Waals surface area contributed by atoms with Crippen LogP contribution in [-0.2, 0) is 6.54 Å². The molecular weight excluding hydrogens is 380 g/mol. The molecular formula is C18H15BrN6. The van der Waals surface area contributed by atoms with Crippen LogP contribution in [0, 0.1) is 0 Å². The summed E-state index contributed by atoms with van der Waals surface area (Å²) in [5, 5.41) is 3.18. The zero-order chi connectivity index (χ0) is 17.2. The van der Waals surface area contributed by atoms with Crippen LogP contribution in [0.3, 0.4) is 0 Å². The number of nitrogen functional groups attached to an aromatic ring is 1. The highest BCUT2D eigenvalue weighted by atomic mass is 79.9. The number of hydrogen-bond donors (Lipinski definition) is 2. The quantitative estimate of drug-likeness (QED) is 0.511. The average Bonchev–Trinajstić information content (AvgIpc) is 2.94. The molecule has 0 radical (unpaired) electrons. The molecule has 0 unspecified atom stereocenters. The summed E-state index contributed by atoms with van der Waals surface area (Å²) in [6.45, 7) is 0.638. The summed E-state index contributed by atoms with van der Waals surface area (Å²) in [6, 6.07) is 19.9. The van der Waals surface area contributed by atoms with Gasteiger partial charge in [0.1, 0.15) is 0 Å². The molecule has 4 aromatic rings. The van der Waals surface area contributed by atoms with Crippen molar-refractivity contribution < 1.29 is 0 Å². The molecule has 2 heterocycles. The SMILES string of the molecule is Nc1nc(Nc2ccccc2)nc2c1nc(Br)n2Cc1ccccc1. The molecule has 2 aromatic carbocycles. The molecule has 0 saturated heterocycles. The van der Waals surface area contributed by atoms with Crippen molar-refractivity contribution in [2.45, 2.75) is 6.54 Å². The number of para-hydroxylation sites is 1. The average molecular weight is 395 g/mol. The van der Waals surface area contributed by atoms with Crippen LogP contribution in [-0.4, -0.2) is 19.5 Å². The molecule has 3 N–H and O–H groups in total. The molecule has 0 aliphatic carbocycles. The van der Waals surface area contributed by atoms with E-state index in [1.54, 1.807) is 0 Å². The molecule has 0 fully saturated rings. The predicted octanol–water partition coefficient (Wildman–Crippen LogP) is 3.96. The smallest absolute Gasteiger partial charge is 0.231 e. The van der Waals surface area contributed by atoms with Crippen molar-refractivity contribution >= 4 is 44.5 Å². The standard InChI is InChI=1S/C18H15BrN6/c19-17-22-14-15(20)23-18(21-13-9-5-2-6-10-13)24-16(14)25(17)11-12-7-3-1-4-8-12/h1-10H,11H2,(H3,20,21,23,24). The van der Waals surface area contributed by atoms with Crippen LogP contribution in [0.25, 0.3) is 11.2 Å². The van der Waals surface area contributed by atoms with Gasteiger partial charge in [-0.3, -0.25) is 4.57 Å². The Hall–Kier alpha value is -2.93. The van der Waals surface area contributed by atoms with E-state index in [2.05, 4.69) is 48.3 Å². The number of nitrogens with two attached hydrogens (primary N) is 1. The van der Waals surface area contributed by atoms with Crippen molar-refractivity contribution in [3.8, 4) is 0 Å². The van der Waals surface area contributed by atoms with Gasteiger partial charge in [-0.1, -0.05) is 48.5 Å². The number of halogens is 1. The van der Waals surface area contributed by atoms with Crippen LogP contribution < -0.4 is 11.1 Å². The number of nitrogens with one attached hydrogen (secondary N) is 1. The van der Waals surface area contributed by atoms with Gasteiger partial charge in [0.05, 0.1) is 6.54 Å². The maximum atomic E-state index is 6.10. The van der Waals surface area contributed by atoms with E-state index in [1.165, 1.54) is 0 Å². The van der Waals surface area contributed by atoms with Crippen molar-refractivity contribution in [2.24, 2.45) is 0 Å². The van der Waals surface area contributed by atoms with E-state index in [9.17, 15) is 0 Å².